The first-order chi connectivity index (χ1) is 14.6. The number of allylic oxidation sites excluding steroid dienone is 1. The van der Waals surface area contributed by atoms with Gasteiger partial charge in [0.15, 0.2) is 0 Å². The number of rotatable bonds is 5. The van der Waals surface area contributed by atoms with Crippen molar-refractivity contribution in [2.24, 2.45) is 11.0 Å². The van der Waals surface area contributed by atoms with Gasteiger partial charge in [0, 0.05) is 5.92 Å². The third kappa shape index (κ3) is 3.94. The molecule has 2 aliphatic rings. The third-order valence-corrected chi connectivity index (χ3v) is 6.01. The molecular weight excluding hydrogens is 400 g/mol. The first kappa shape index (κ1) is 20.5. The van der Waals surface area contributed by atoms with Gasteiger partial charge in [-0.2, -0.15) is 5.10 Å². The van der Waals surface area contributed by atoms with E-state index in [2.05, 4.69) is 6.08 Å². The smallest absolute Gasteiger partial charge is 0.258 e. The van der Waals surface area contributed by atoms with Gasteiger partial charge in [-0.3, -0.25) is 4.79 Å². The molecule has 30 heavy (non-hydrogen) atoms. The molecule has 156 valence electrons. The summed E-state index contributed by atoms with van der Waals surface area (Å²) in [6, 6.07) is 15.7. The summed E-state index contributed by atoms with van der Waals surface area (Å²) in [5.74, 6) is 1.51. The van der Waals surface area contributed by atoms with Crippen molar-refractivity contribution in [1.29, 1.82) is 0 Å². The van der Waals surface area contributed by atoms with Gasteiger partial charge in [-0.05, 0) is 66.3 Å². The second kappa shape index (κ2) is 8.92. The lowest BCUT2D eigenvalue weighted by Gasteiger charge is -2.29. The van der Waals surface area contributed by atoms with Gasteiger partial charge in [-0.25, -0.2) is 5.01 Å². The molecule has 0 saturated heterocycles. The molecule has 1 fully saturated rings. The van der Waals surface area contributed by atoms with Gasteiger partial charge >= 0.3 is 0 Å². The Kier molecular flexibility index (Phi) is 6.09. The highest BCUT2D eigenvalue weighted by molar-refractivity contribution is 6.27. The van der Waals surface area contributed by atoms with Gasteiger partial charge in [-0.1, -0.05) is 24.3 Å². The molecule has 5 nitrogen and oxygen atoms in total. The third-order valence-electron chi connectivity index (χ3n) is 5.79. The van der Waals surface area contributed by atoms with E-state index in [1.807, 2.05) is 48.5 Å². The van der Waals surface area contributed by atoms with Gasteiger partial charge in [0.25, 0.3) is 5.91 Å². The van der Waals surface area contributed by atoms with E-state index in [1.165, 1.54) is 5.57 Å². The van der Waals surface area contributed by atoms with Gasteiger partial charge in [0.05, 0.1) is 26.0 Å². The van der Waals surface area contributed by atoms with Crippen LogP contribution in [0.3, 0.4) is 0 Å². The lowest BCUT2D eigenvalue weighted by Crippen LogP contribution is -2.32. The summed E-state index contributed by atoms with van der Waals surface area (Å²) in [6.07, 6.45) is 5.16. The Bertz CT molecular complexity index is 967. The molecule has 0 spiro atoms. The Morgan fingerprint density at radius 1 is 1.10 bits per heavy atom. The molecule has 0 aromatic heterocycles. The van der Waals surface area contributed by atoms with E-state index in [9.17, 15) is 4.79 Å². The molecule has 4 rings (SSSR count). The van der Waals surface area contributed by atoms with E-state index in [0.717, 1.165) is 47.6 Å². The van der Waals surface area contributed by atoms with Crippen LogP contribution in [0, 0.1) is 5.92 Å². The van der Waals surface area contributed by atoms with Crippen LogP contribution in [0.1, 0.15) is 36.4 Å². The Labute approximate surface area is 181 Å². The number of fused-ring (bicyclic) bond motifs is 1. The number of carbonyl (C=O) groups is 1. The van der Waals surface area contributed by atoms with E-state index in [-0.39, 0.29) is 23.7 Å². The van der Waals surface area contributed by atoms with Crippen molar-refractivity contribution in [3.05, 3.63) is 65.2 Å². The number of benzene rings is 2. The summed E-state index contributed by atoms with van der Waals surface area (Å²) < 4.78 is 10.5. The van der Waals surface area contributed by atoms with Crippen molar-refractivity contribution in [2.45, 2.75) is 25.3 Å². The van der Waals surface area contributed by atoms with E-state index < -0.39 is 0 Å². The average molecular weight is 425 g/mol. The van der Waals surface area contributed by atoms with Crippen molar-refractivity contribution in [1.82, 2.24) is 5.01 Å². The van der Waals surface area contributed by atoms with Crippen LogP contribution in [0.2, 0.25) is 0 Å². The van der Waals surface area contributed by atoms with Crippen molar-refractivity contribution in [3.63, 3.8) is 0 Å². The number of carbonyl (C=O) groups excluding carboxylic acids is 1. The second-order valence-corrected chi connectivity index (χ2v) is 7.78. The first-order valence-corrected chi connectivity index (χ1v) is 10.6. The maximum Gasteiger partial charge on any atom is 0.258 e. The fourth-order valence-corrected chi connectivity index (χ4v) is 4.43. The topological polar surface area (TPSA) is 51.1 Å². The molecule has 2 atom stereocenters. The number of hydrazone groups is 1. The fourth-order valence-electron chi connectivity index (χ4n) is 4.30. The second-order valence-electron chi connectivity index (χ2n) is 7.52. The number of amides is 1. The summed E-state index contributed by atoms with van der Waals surface area (Å²) in [5, 5.41) is 6.37. The van der Waals surface area contributed by atoms with E-state index in [4.69, 9.17) is 26.2 Å². The average Bonchev–Trinajstić information content (AvgIpc) is 3.20. The maximum atomic E-state index is 12.6. The minimum Gasteiger partial charge on any atom is -0.497 e. The quantitative estimate of drug-likeness (QED) is 0.630. The Hall–Kier alpha value is -2.79. The predicted octanol–water partition coefficient (Wildman–Crippen LogP) is 5.07. The van der Waals surface area contributed by atoms with Gasteiger partial charge in [-0.15, -0.1) is 11.6 Å². The molecule has 1 amide bonds. The van der Waals surface area contributed by atoms with Crippen molar-refractivity contribution >= 4 is 29.3 Å². The monoisotopic (exact) mass is 424 g/mol. The number of ether oxygens (including phenoxy) is 2. The van der Waals surface area contributed by atoms with Crippen molar-refractivity contribution in [2.75, 3.05) is 20.1 Å². The van der Waals surface area contributed by atoms with Crippen LogP contribution < -0.4 is 9.47 Å². The first-order valence-electron chi connectivity index (χ1n) is 10.1. The standard InChI is InChI=1S/C24H25ClN2O3/c1-29-19-10-6-16(7-11-19)14-18-4-3-5-21-23(18)26-27(22(28)15-25)24(21)17-8-12-20(30-2)13-9-17/h6-14,21,24H,3-5,15H2,1-2H3/b18-14-/t21-,24+/m1/s1. The summed E-state index contributed by atoms with van der Waals surface area (Å²) in [4.78, 5) is 12.6. The lowest BCUT2D eigenvalue weighted by atomic mass is 9.77. The fraction of sp³-hybridized carbons (Fsp3) is 0.333. The minimum atomic E-state index is -0.178. The van der Waals surface area contributed by atoms with Crippen molar-refractivity contribution < 1.29 is 14.3 Å². The summed E-state index contributed by atoms with van der Waals surface area (Å²) in [7, 11) is 3.31. The van der Waals surface area contributed by atoms with Crippen LogP contribution in [-0.2, 0) is 4.79 Å². The number of methoxy groups -OCH3 is 2. The molecule has 2 aromatic carbocycles. The number of hydrogen-bond acceptors (Lipinski definition) is 4. The summed E-state index contributed by atoms with van der Waals surface area (Å²) in [6.45, 7) is 0. The minimum absolute atomic E-state index is 0.0896. The highest BCUT2D eigenvalue weighted by atomic mass is 35.5. The molecule has 1 heterocycles. The highest BCUT2D eigenvalue weighted by Crippen LogP contribution is 2.44. The Morgan fingerprint density at radius 2 is 1.73 bits per heavy atom. The predicted molar refractivity (Wildman–Crippen MR) is 119 cm³/mol. The molecule has 0 bridgehead atoms. The number of nitrogens with zero attached hydrogens (tertiary/aromatic N) is 2. The zero-order valence-electron chi connectivity index (χ0n) is 17.2. The van der Waals surface area contributed by atoms with Crippen LogP contribution in [0.25, 0.3) is 6.08 Å². The normalized spacial score (nSPS) is 21.9. The number of alkyl halides is 1. The van der Waals surface area contributed by atoms with Gasteiger partial charge in [0.2, 0.25) is 0 Å². The molecule has 1 aliphatic heterocycles. The largest absolute Gasteiger partial charge is 0.497 e. The molecular formula is C24H25ClN2O3. The molecule has 0 unspecified atom stereocenters. The van der Waals surface area contributed by atoms with Crippen LogP contribution >= 0.6 is 11.6 Å². The van der Waals surface area contributed by atoms with E-state index in [0.29, 0.717) is 0 Å². The Balaban J connectivity index is 1.69. The Morgan fingerprint density at radius 3 is 2.33 bits per heavy atom. The van der Waals surface area contributed by atoms with Crippen LogP contribution in [0.4, 0.5) is 0 Å². The highest BCUT2D eigenvalue weighted by Gasteiger charge is 2.43. The van der Waals surface area contributed by atoms with Crippen LogP contribution in [-0.4, -0.2) is 36.7 Å². The summed E-state index contributed by atoms with van der Waals surface area (Å²) in [5.41, 5.74) is 4.32. The number of hydrogen-bond donors (Lipinski definition) is 0. The zero-order chi connectivity index (χ0) is 21.1. The van der Waals surface area contributed by atoms with E-state index in [1.54, 1.807) is 19.2 Å². The molecule has 0 radical (unpaired) electrons. The molecule has 1 saturated carbocycles. The number of halogens is 1. The molecule has 0 N–H and O–H groups in total. The van der Waals surface area contributed by atoms with Gasteiger partial charge in [0.1, 0.15) is 17.4 Å². The molecule has 6 heteroatoms. The summed E-state index contributed by atoms with van der Waals surface area (Å²) >= 11 is 5.92. The SMILES string of the molecule is COc1ccc(/C=C2/CCC[C@@H]3C2=NN(C(=O)CCl)[C@H]3c2ccc(OC)cc2)cc1. The van der Waals surface area contributed by atoms with Crippen LogP contribution in [0.5, 0.6) is 11.5 Å². The maximum absolute atomic E-state index is 12.6. The molecule has 1 aliphatic carbocycles. The lowest BCUT2D eigenvalue weighted by molar-refractivity contribution is -0.130. The molecule has 2 aromatic rings. The zero-order valence-corrected chi connectivity index (χ0v) is 17.9. The van der Waals surface area contributed by atoms with E-state index >= 15 is 0 Å². The van der Waals surface area contributed by atoms with Crippen LogP contribution in [0.15, 0.2) is 59.2 Å². The van der Waals surface area contributed by atoms with Crippen molar-refractivity contribution in [3.8, 4) is 11.5 Å². The van der Waals surface area contributed by atoms with Gasteiger partial charge < -0.3 is 9.47 Å².